The number of nitrogens with zero attached hydrogens (tertiary/aromatic N) is 1. The maximum absolute atomic E-state index is 12.5. The normalized spacial score (nSPS) is 11.9. The lowest BCUT2D eigenvalue weighted by atomic mass is 10.1. The van der Waals surface area contributed by atoms with E-state index >= 15 is 0 Å². The summed E-state index contributed by atoms with van der Waals surface area (Å²) < 4.78 is 17.9. The SMILES string of the molecule is C=NC/C(=C\F)COc1ccc(C(=O)NC(C)(C)C)cc1. The van der Waals surface area contributed by atoms with E-state index in [-0.39, 0.29) is 24.6 Å². The molecule has 114 valence electrons. The van der Waals surface area contributed by atoms with Crippen LogP contribution in [-0.4, -0.2) is 31.3 Å². The lowest BCUT2D eigenvalue weighted by Gasteiger charge is -2.20. The molecule has 1 rings (SSSR count). The summed E-state index contributed by atoms with van der Waals surface area (Å²) in [5, 5.41) is 2.87. The van der Waals surface area contributed by atoms with Gasteiger partial charge in [0.25, 0.3) is 5.91 Å². The van der Waals surface area contributed by atoms with Crippen molar-refractivity contribution < 1.29 is 13.9 Å². The minimum atomic E-state index is -0.287. The third-order valence-corrected chi connectivity index (χ3v) is 2.50. The number of ether oxygens (including phenoxy) is 1. The molecule has 0 aliphatic carbocycles. The van der Waals surface area contributed by atoms with E-state index in [9.17, 15) is 9.18 Å². The number of carbonyl (C=O) groups is 1. The third kappa shape index (κ3) is 6.21. The highest BCUT2D eigenvalue weighted by Gasteiger charge is 2.15. The molecule has 0 saturated carbocycles. The van der Waals surface area contributed by atoms with Crippen molar-refractivity contribution in [3.63, 3.8) is 0 Å². The minimum absolute atomic E-state index is 0.100. The van der Waals surface area contributed by atoms with Crippen molar-refractivity contribution in [2.24, 2.45) is 4.99 Å². The average molecular weight is 292 g/mol. The average Bonchev–Trinajstić information content (AvgIpc) is 2.42. The van der Waals surface area contributed by atoms with Crippen molar-refractivity contribution >= 4 is 12.6 Å². The van der Waals surface area contributed by atoms with Gasteiger partial charge in [0.15, 0.2) is 0 Å². The Hall–Kier alpha value is -2.17. The molecule has 1 amide bonds. The molecule has 1 aromatic carbocycles. The topological polar surface area (TPSA) is 50.7 Å². The highest BCUT2D eigenvalue weighted by Crippen LogP contribution is 2.14. The van der Waals surface area contributed by atoms with Gasteiger partial charge in [0.1, 0.15) is 12.4 Å². The molecular formula is C16H21FN2O2. The van der Waals surface area contributed by atoms with Crippen molar-refractivity contribution in [3.05, 3.63) is 41.7 Å². The van der Waals surface area contributed by atoms with Gasteiger partial charge >= 0.3 is 0 Å². The highest BCUT2D eigenvalue weighted by atomic mass is 19.1. The fraction of sp³-hybridized carbons (Fsp3) is 0.375. The van der Waals surface area contributed by atoms with E-state index in [1.165, 1.54) is 0 Å². The summed E-state index contributed by atoms with van der Waals surface area (Å²) in [6.07, 6.45) is 0.472. The molecule has 1 N–H and O–H groups in total. The van der Waals surface area contributed by atoms with Crippen LogP contribution in [-0.2, 0) is 0 Å². The Kier molecular flexibility index (Phi) is 6.09. The van der Waals surface area contributed by atoms with Gasteiger partial charge in [0.05, 0.1) is 12.9 Å². The van der Waals surface area contributed by atoms with Crippen LogP contribution in [0.1, 0.15) is 31.1 Å². The molecule has 0 bridgehead atoms. The standard InChI is InChI=1S/C16H21FN2O2/c1-16(2,3)19-15(20)13-5-7-14(8-6-13)21-11-12(9-17)10-18-4/h5-9H,4,10-11H2,1-3H3,(H,19,20)/b12-9+. The van der Waals surface area contributed by atoms with Crippen LogP contribution >= 0.6 is 0 Å². The van der Waals surface area contributed by atoms with Crippen molar-refractivity contribution in [1.82, 2.24) is 5.32 Å². The molecule has 0 radical (unpaired) electrons. The van der Waals surface area contributed by atoms with Crippen LogP contribution in [0.2, 0.25) is 0 Å². The summed E-state index contributed by atoms with van der Waals surface area (Å²) in [4.78, 5) is 15.5. The Bertz CT molecular complexity index is 516. The summed E-state index contributed by atoms with van der Waals surface area (Å²) in [5.41, 5.74) is 0.663. The number of halogens is 1. The van der Waals surface area contributed by atoms with Crippen molar-refractivity contribution in [1.29, 1.82) is 0 Å². The van der Waals surface area contributed by atoms with E-state index in [2.05, 4.69) is 17.0 Å². The molecule has 0 aliphatic heterocycles. The molecule has 0 unspecified atom stereocenters. The largest absolute Gasteiger partial charge is 0.489 e. The van der Waals surface area contributed by atoms with E-state index in [1.54, 1.807) is 24.3 Å². The van der Waals surface area contributed by atoms with Crippen LogP contribution in [0.3, 0.4) is 0 Å². The van der Waals surface area contributed by atoms with E-state index in [1.807, 2.05) is 20.8 Å². The zero-order valence-corrected chi connectivity index (χ0v) is 12.6. The number of hydrogen-bond acceptors (Lipinski definition) is 3. The highest BCUT2D eigenvalue weighted by molar-refractivity contribution is 5.94. The number of amides is 1. The Morgan fingerprint density at radius 2 is 2.00 bits per heavy atom. The number of rotatable bonds is 6. The van der Waals surface area contributed by atoms with Gasteiger partial charge in [-0.15, -0.1) is 0 Å². The first-order valence-electron chi connectivity index (χ1n) is 6.61. The van der Waals surface area contributed by atoms with Crippen LogP contribution in [0.15, 0.2) is 41.2 Å². The zero-order chi connectivity index (χ0) is 15.9. The molecular weight excluding hydrogens is 271 g/mol. The molecule has 0 saturated heterocycles. The molecule has 0 spiro atoms. The van der Waals surface area contributed by atoms with E-state index in [0.717, 1.165) is 0 Å². The molecule has 0 aromatic heterocycles. The second-order valence-electron chi connectivity index (χ2n) is 5.67. The first-order chi connectivity index (χ1) is 9.85. The molecule has 1 aromatic rings. The maximum Gasteiger partial charge on any atom is 0.251 e. The second kappa shape index (κ2) is 7.57. The zero-order valence-electron chi connectivity index (χ0n) is 12.6. The molecule has 4 nitrogen and oxygen atoms in total. The van der Waals surface area contributed by atoms with Crippen LogP contribution in [0.25, 0.3) is 0 Å². The Morgan fingerprint density at radius 1 is 1.38 bits per heavy atom. The number of benzene rings is 1. The van der Waals surface area contributed by atoms with Crippen molar-refractivity contribution in [2.75, 3.05) is 13.2 Å². The fourth-order valence-corrected chi connectivity index (χ4v) is 1.55. The predicted molar refractivity (Wildman–Crippen MR) is 82.8 cm³/mol. The van der Waals surface area contributed by atoms with Crippen molar-refractivity contribution in [3.8, 4) is 5.75 Å². The molecule has 5 heteroatoms. The van der Waals surface area contributed by atoms with Crippen LogP contribution < -0.4 is 10.1 Å². The number of aliphatic imine (C=N–C) groups is 1. The quantitative estimate of drug-likeness (QED) is 0.819. The first kappa shape index (κ1) is 16.9. The summed E-state index contributed by atoms with van der Waals surface area (Å²) in [6.45, 7) is 9.36. The van der Waals surface area contributed by atoms with E-state index < -0.39 is 0 Å². The van der Waals surface area contributed by atoms with Gasteiger partial charge in [-0.3, -0.25) is 9.79 Å². The smallest absolute Gasteiger partial charge is 0.251 e. The summed E-state index contributed by atoms with van der Waals surface area (Å²) >= 11 is 0. The number of carbonyl (C=O) groups excluding carboxylic acids is 1. The Balaban J connectivity index is 2.62. The van der Waals surface area contributed by atoms with Gasteiger partial charge in [0, 0.05) is 16.7 Å². The fourth-order valence-electron chi connectivity index (χ4n) is 1.55. The summed E-state index contributed by atoms with van der Waals surface area (Å²) in [7, 11) is 0. The predicted octanol–water partition coefficient (Wildman–Crippen LogP) is 3.15. The first-order valence-corrected chi connectivity index (χ1v) is 6.61. The van der Waals surface area contributed by atoms with Gasteiger partial charge in [-0.1, -0.05) is 0 Å². The lowest BCUT2D eigenvalue weighted by molar-refractivity contribution is 0.0919. The maximum atomic E-state index is 12.5. The number of nitrogens with one attached hydrogen (secondary N) is 1. The van der Waals surface area contributed by atoms with Gasteiger partial charge < -0.3 is 10.1 Å². The molecule has 0 aliphatic rings. The lowest BCUT2D eigenvalue weighted by Crippen LogP contribution is -2.40. The summed E-state index contributed by atoms with van der Waals surface area (Å²) in [5.74, 6) is 0.417. The van der Waals surface area contributed by atoms with Crippen molar-refractivity contribution in [2.45, 2.75) is 26.3 Å². The minimum Gasteiger partial charge on any atom is -0.489 e. The molecule has 0 atom stereocenters. The van der Waals surface area contributed by atoms with E-state index in [4.69, 9.17) is 4.74 Å². The van der Waals surface area contributed by atoms with Crippen LogP contribution in [0.5, 0.6) is 5.75 Å². The van der Waals surface area contributed by atoms with Gasteiger partial charge in [0.2, 0.25) is 0 Å². The van der Waals surface area contributed by atoms with Gasteiger partial charge in [-0.05, 0) is 51.8 Å². The van der Waals surface area contributed by atoms with Crippen LogP contribution in [0.4, 0.5) is 4.39 Å². The Labute approximate surface area is 124 Å². The van der Waals surface area contributed by atoms with Crippen LogP contribution in [0, 0.1) is 0 Å². The van der Waals surface area contributed by atoms with E-state index in [0.29, 0.717) is 23.2 Å². The monoisotopic (exact) mass is 292 g/mol. The molecule has 0 heterocycles. The Morgan fingerprint density at radius 3 is 2.48 bits per heavy atom. The molecule has 0 fully saturated rings. The van der Waals surface area contributed by atoms with Gasteiger partial charge in [-0.2, -0.15) is 0 Å². The summed E-state index contributed by atoms with van der Waals surface area (Å²) in [6, 6.07) is 6.69. The molecule has 21 heavy (non-hydrogen) atoms. The third-order valence-electron chi connectivity index (χ3n) is 2.50. The second-order valence-corrected chi connectivity index (χ2v) is 5.67. The number of hydrogen-bond donors (Lipinski definition) is 1. The van der Waals surface area contributed by atoms with Gasteiger partial charge in [-0.25, -0.2) is 4.39 Å².